The van der Waals surface area contributed by atoms with E-state index in [0.29, 0.717) is 18.3 Å². The minimum atomic E-state index is -0.331. The van der Waals surface area contributed by atoms with Crippen LogP contribution >= 0.6 is 11.3 Å². The van der Waals surface area contributed by atoms with Gasteiger partial charge < -0.3 is 20.5 Å². The fourth-order valence-electron chi connectivity index (χ4n) is 1.87. The number of rotatable bonds is 9. The van der Waals surface area contributed by atoms with Crippen molar-refractivity contribution >= 4 is 28.3 Å². The van der Waals surface area contributed by atoms with E-state index in [1.165, 1.54) is 11.3 Å². The van der Waals surface area contributed by atoms with E-state index in [1.54, 1.807) is 5.38 Å². The Labute approximate surface area is 143 Å². The van der Waals surface area contributed by atoms with E-state index in [2.05, 4.69) is 15.6 Å². The highest BCUT2D eigenvalue weighted by Crippen LogP contribution is 2.15. The van der Waals surface area contributed by atoms with Crippen molar-refractivity contribution in [2.45, 2.75) is 6.42 Å². The molecule has 7 nitrogen and oxygen atoms in total. The molecular weight excluding hydrogens is 330 g/mol. The number of hydrogen-bond donors (Lipinski definition) is 3. The molecular formula is C16H19N3O4S. The van der Waals surface area contributed by atoms with E-state index in [9.17, 15) is 9.59 Å². The van der Waals surface area contributed by atoms with Crippen LogP contribution < -0.4 is 10.6 Å². The number of aromatic nitrogens is 1. The summed E-state index contributed by atoms with van der Waals surface area (Å²) < 4.78 is 5.04. The number of nitrogens with zero attached hydrogens (tertiary/aromatic N) is 1. The predicted molar refractivity (Wildman–Crippen MR) is 91.1 cm³/mol. The normalized spacial score (nSPS) is 10.4. The van der Waals surface area contributed by atoms with Gasteiger partial charge in [0.1, 0.15) is 5.69 Å². The van der Waals surface area contributed by atoms with Gasteiger partial charge in [-0.2, -0.15) is 0 Å². The van der Waals surface area contributed by atoms with E-state index >= 15 is 0 Å². The van der Waals surface area contributed by atoms with Crippen LogP contribution in [-0.2, 0) is 16.0 Å². The highest BCUT2D eigenvalue weighted by Gasteiger charge is 2.12. The third kappa shape index (κ3) is 6.07. The van der Waals surface area contributed by atoms with Gasteiger partial charge in [0, 0.05) is 11.9 Å². The summed E-state index contributed by atoms with van der Waals surface area (Å²) in [5.41, 5.74) is 1.16. The van der Waals surface area contributed by atoms with Gasteiger partial charge in [0.05, 0.1) is 26.2 Å². The quantitative estimate of drug-likeness (QED) is 0.588. The van der Waals surface area contributed by atoms with E-state index < -0.39 is 0 Å². The molecule has 1 aromatic heterocycles. The van der Waals surface area contributed by atoms with Gasteiger partial charge in [0.25, 0.3) is 5.91 Å². The summed E-state index contributed by atoms with van der Waals surface area (Å²) in [6, 6.07) is 9.39. The number of benzene rings is 1. The topological polar surface area (TPSA) is 101 Å². The summed E-state index contributed by atoms with van der Waals surface area (Å²) in [4.78, 5) is 27.9. The minimum Gasteiger partial charge on any atom is -0.394 e. The van der Waals surface area contributed by atoms with Crippen LogP contribution in [0.25, 0.3) is 0 Å². The first-order valence-electron chi connectivity index (χ1n) is 7.45. The number of hydrogen-bond acceptors (Lipinski definition) is 6. The first-order chi connectivity index (χ1) is 11.7. The summed E-state index contributed by atoms with van der Waals surface area (Å²) in [5, 5.41) is 15.9. The molecule has 2 aromatic rings. The summed E-state index contributed by atoms with van der Waals surface area (Å²) in [5.74, 6) is -0.512. The molecule has 0 saturated carbocycles. The van der Waals surface area contributed by atoms with E-state index in [0.717, 1.165) is 5.56 Å². The predicted octanol–water partition coefficient (Wildman–Crippen LogP) is 1.06. The molecule has 24 heavy (non-hydrogen) atoms. The Bertz CT molecular complexity index is 660. The summed E-state index contributed by atoms with van der Waals surface area (Å²) in [6.07, 6.45) is 0.254. The Morgan fingerprint density at radius 3 is 2.75 bits per heavy atom. The van der Waals surface area contributed by atoms with Gasteiger partial charge in [0.15, 0.2) is 5.13 Å². The molecule has 0 aliphatic heterocycles. The van der Waals surface area contributed by atoms with Crippen LogP contribution in [0.4, 0.5) is 5.13 Å². The van der Waals surface area contributed by atoms with Crippen molar-refractivity contribution in [3.05, 3.63) is 47.0 Å². The van der Waals surface area contributed by atoms with Crippen molar-refractivity contribution in [2.75, 3.05) is 31.7 Å². The third-order valence-corrected chi connectivity index (χ3v) is 3.72. The molecule has 0 aliphatic rings. The molecule has 0 bridgehead atoms. The Morgan fingerprint density at radius 1 is 1.21 bits per heavy atom. The second-order valence-electron chi connectivity index (χ2n) is 4.84. The van der Waals surface area contributed by atoms with Gasteiger partial charge in [-0.05, 0) is 5.56 Å². The fourth-order valence-corrected chi connectivity index (χ4v) is 2.58. The zero-order valence-electron chi connectivity index (χ0n) is 13.0. The molecule has 3 N–H and O–H groups in total. The summed E-state index contributed by atoms with van der Waals surface area (Å²) in [6.45, 7) is 0.833. The Morgan fingerprint density at radius 2 is 2.00 bits per heavy atom. The van der Waals surface area contributed by atoms with Gasteiger partial charge in [-0.1, -0.05) is 30.3 Å². The lowest BCUT2D eigenvalue weighted by Gasteiger charge is -2.04. The Hall–Kier alpha value is -2.29. The van der Waals surface area contributed by atoms with E-state index in [4.69, 9.17) is 9.84 Å². The van der Waals surface area contributed by atoms with Crippen LogP contribution in [0.3, 0.4) is 0 Å². The molecule has 128 valence electrons. The average Bonchev–Trinajstić information content (AvgIpc) is 3.04. The van der Waals surface area contributed by atoms with Crippen molar-refractivity contribution < 1.29 is 19.4 Å². The lowest BCUT2D eigenvalue weighted by atomic mass is 10.1. The second-order valence-corrected chi connectivity index (χ2v) is 5.70. The number of aliphatic hydroxyl groups excluding tert-OH is 1. The molecule has 2 rings (SSSR count). The van der Waals surface area contributed by atoms with Crippen molar-refractivity contribution in [1.82, 2.24) is 10.3 Å². The highest BCUT2D eigenvalue weighted by molar-refractivity contribution is 7.14. The van der Waals surface area contributed by atoms with Gasteiger partial charge in [-0.25, -0.2) is 4.98 Å². The summed E-state index contributed by atoms with van der Waals surface area (Å²) in [7, 11) is 0. The first-order valence-corrected chi connectivity index (χ1v) is 8.33. The maximum absolute atomic E-state index is 12.0. The van der Waals surface area contributed by atoms with Gasteiger partial charge in [0.2, 0.25) is 5.91 Å². The molecule has 1 heterocycles. The van der Waals surface area contributed by atoms with Crippen LogP contribution in [0.15, 0.2) is 35.7 Å². The number of nitrogens with one attached hydrogen (secondary N) is 2. The summed E-state index contributed by atoms with van der Waals surface area (Å²) >= 11 is 1.20. The lowest BCUT2D eigenvalue weighted by molar-refractivity contribution is -0.115. The Balaban J connectivity index is 1.77. The van der Waals surface area contributed by atoms with Gasteiger partial charge >= 0.3 is 0 Å². The maximum Gasteiger partial charge on any atom is 0.270 e. The molecule has 0 unspecified atom stereocenters. The number of anilines is 1. The maximum atomic E-state index is 12.0. The van der Waals surface area contributed by atoms with Crippen LogP contribution in [0.5, 0.6) is 0 Å². The number of carbonyl (C=O) groups is 2. The van der Waals surface area contributed by atoms with Crippen LogP contribution in [0.1, 0.15) is 16.1 Å². The highest BCUT2D eigenvalue weighted by atomic mass is 32.1. The smallest absolute Gasteiger partial charge is 0.270 e. The molecule has 0 spiro atoms. The Kier molecular flexibility index (Phi) is 7.34. The van der Waals surface area contributed by atoms with Crippen LogP contribution in [0, 0.1) is 0 Å². The van der Waals surface area contributed by atoms with E-state index in [1.807, 2.05) is 30.3 Å². The SMILES string of the molecule is O=C(Cc1ccccc1)Nc1nc(C(=O)NCCOCCO)cs1. The largest absolute Gasteiger partial charge is 0.394 e. The zero-order valence-corrected chi connectivity index (χ0v) is 13.8. The van der Waals surface area contributed by atoms with Gasteiger partial charge in [-0.3, -0.25) is 9.59 Å². The molecule has 0 saturated heterocycles. The minimum absolute atomic E-state index is 0.0495. The molecule has 2 amide bonds. The average molecular weight is 349 g/mol. The monoisotopic (exact) mass is 349 g/mol. The van der Waals surface area contributed by atoms with Crippen LogP contribution in [0.2, 0.25) is 0 Å². The third-order valence-electron chi connectivity index (χ3n) is 2.96. The molecule has 0 fully saturated rings. The number of ether oxygens (including phenoxy) is 1. The standard InChI is InChI=1S/C16H19N3O4S/c20-7-9-23-8-6-17-15(22)13-11-24-16(18-13)19-14(21)10-12-4-2-1-3-5-12/h1-5,11,20H,6-10H2,(H,17,22)(H,18,19,21). The molecule has 0 aliphatic carbocycles. The number of carbonyl (C=O) groups excluding carboxylic acids is 2. The molecule has 8 heteroatoms. The molecule has 0 radical (unpaired) electrons. The first kappa shape index (κ1) is 18.1. The van der Waals surface area contributed by atoms with Crippen LogP contribution in [-0.4, -0.2) is 48.3 Å². The van der Waals surface area contributed by atoms with Crippen molar-refractivity contribution in [1.29, 1.82) is 0 Å². The van der Waals surface area contributed by atoms with Crippen molar-refractivity contribution in [3.8, 4) is 0 Å². The van der Waals surface area contributed by atoms with Crippen molar-refractivity contribution in [3.63, 3.8) is 0 Å². The number of amides is 2. The van der Waals surface area contributed by atoms with Crippen molar-refractivity contribution in [2.24, 2.45) is 0 Å². The zero-order chi connectivity index (χ0) is 17.2. The number of thiazole rings is 1. The lowest BCUT2D eigenvalue weighted by Crippen LogP contribution is -2.27. The second kappa shape index (κ2) is 9.76. The van der Waals surface area contributed by atoms with Gasteiger partial charge in [-0.15, -0.1) is 11.3 Å². The molecule has 0 atom stereocenters. The number of aliphatic hydroxyl groups is 1. The van der Waals surface area contributed by atoms with E-state index in [-0.39, 0.29) is 37.1 Å². The fraction of sp³-hybridized carbons (Fsp3) is 0.312. The molecule has 1 aromatic carbocycles.